The van der Waals surface area contributed by atoms with Crippen molar-refractivity contribution in [2.75, 3.05) is 32.8 Å². The Kier molecular flexibility index (Phi) is 4.28. The van der Waals surface area contributed by atoms with E-state index in [9.17, 15) is 19.5 Å². The largest absolute Gasteiger partial charge is 0.481 e. The molecule has 2 fully saturated rings. The number of amides is 2. The number of allylic oxidation sites excluding steroid dienone is 2. The monoisotopic (exact) mass is 322 g/mol. The van der Waals surface area contributed by atoms with Crippen LogP contribution in [0.5, 0.6) is 0 Å². The Bertz CT molecular complexity index is 539. The second-order valence-corrected chi connectivity index (χ2v) is 6.35. The molecule has 23 heavy (non-hydrogen) atoms. The molecule has 0 aromatic carbocycles. The molecule has 2 aliphatic carbocycles. The van der Waals surface area contributed by atoms with Crippen LogP contribution in [0.3, 0.4) is 0 Å². The summed E-state index contributed by atoms with van der Waals surface area (Å²) in [5, 5.41) is 9.45. The molecule has 0 aromatic rings. The van der Waals surface area contributed by atoms with Crippen molar-refractivity contribution in [2.24, 2.45) is 23.7 Å². The molecule has 7 heteroatoms. The van der Waals surface area contributed by atoms with E-state index >= 15 is 0 Å². The van der Waals surface area contributed by atoms with Crippen molar-refractivity contribution in [1.82, 2.24) is 9.80 Å². The van der Waals surface area contributed by atoms with E-state index < -0.39 is 17.8 Å². The third-order valence-electron chi connectivity index (χ3n) is 5.15. The van der Waals surface area contributed by atoms with Gasteiger partial charge in [-0.3, -0.25) is 9.59 Å². The van der Waals surface area contributed by atoms with Crippen LogP contribution in [0.25, 0.3) is 0 Å². The van der Waals surface area contributed by atoms with Gasteiger partial charge in [-0.1, -0.05) is 12.2 Å². The van der Waals surface area contributed by atoms with E-state index in [1.54, 1.807) is 16.7 Å². The first-order chi connectivity index (χ1) is 11.0. The fraction of sp³-hybridized carbons (Fsp3) is 0.688. The summed E-state index contributed by atoms with van der Waals surface area (Å²) in [5.74, 6) is -2.02. The molecule has 2 amide bonds. The van der Waals surface area contributed by atoms with Gasteiger partial charge in [-0.25, -0.2) is 4.79 Å². The van der Waals surface area contributed by atoms with Crippen molar-refractivity contribution in [2.45, 2.75) is 13.3 Å². The molecule has 1 N–H and O–H groups in total. The number of nitrogens with zero attached hydrogens (tertiary/aromatic N) is 2. The summed E-state index contributed by atoms with van der Waals surface area (Å²) in [4.78, 5) is 39.3. The Hall–Kier alpha value is -2.05. The molecule has 7 nitrogen and oxygen atoms in total. The zero-order valence-electron chi connectivity index (χ0n) is 13.2. The fourth-order valence-corrected chi connectivity index (χ4v) is 4.03. The highest BCUT2D eigenvalue weighted by atomic mass is 16.6. The predicted octanol–water partition coefficient (Wildman–Crippen LogP) is 0.810. The zero-order chi connectivity index (χ0) is 16.6. The number of hydrogen-bond acceptors (Lipinski definition) is 4. The van der Waals surface area contributed by atoms with Crippen molar-refractivity contribution in [3.05, 3.63) is 12.2 Å². The van der Waals surface area contributed by atoms with E-state index in [2.05, 4.69) is 0 Å². The van der Waals surface area contributed by atoms with Crippen LogP contribution in [0.1, 0.15) is 13.3 Å². The molecule has 0 radical (unpaired) electrons. The standard InChI is InChI=1S/C16H22N2O5/c1-2-23-16(22)18-7-5-17(6-8-18)14(19)12-10-3-4-11(9-10)13(12)15(20)21/h3-4,10-13H,2,5-9H2,1H3,(H,20,21). The number of ether oxygens (including phenoxy) is 1. The lowest BCUT2D eigenvalue weighted by molar-refractivity contribution is -0.151. The van der Waals surface area contributed by atoms with Crippen molar-refractivity contribution < 1.29 is 24.2 Å². The van der Waals surface area contributed by atoms with Gasteiger partial charge in [0.05, 0.1) is 18.4 Å². The van der Waals surface area contributed by atoms with Gasteiger partial charge in [-0.05, 0) is 25.2 Å². The third kappa shape index (κ3) is 2.80. The lowest BCUT2D eigenvalue weighted by Gasteiger charge is -2.37. The first-order valence-electron chi connectivity index (χ1n) is 8.14. The van der Waals surface area contributed by atoms with Crippen molar-refractivity contribution in [1.29, 1.82) is 0 Å². The van der Waals surface area contributed by atoms with Crippen LogP contribution in [0.2, 0.25) is 0 Å². The van der Waals surface area contributed by atoms with Crippen molar-refractivity contribution in [3.63, 3.8) is 0 Å². The quantitative estimate of drug-likeness (QED) is 0.777. The molecule has 0 aromatic heterocycles. The number of fused-ring (bicyclic) bond motifs is 2. The summed E-state index contributed by atoms with van der Waals surface area (Å²) in [7, 11) is 0. The maximum Gasteiger partial charge on any atom is 0.409 e. The summed E-state index contributed by atoms with van der Waals surface area (Å²) >= 11 is 0. The maximum absolute atomic E-state index is 12.8. The molecule has 126 valence electrons. The van der Waals surface area contributed by atoms with E-state index in [0.717, 1.165) is 6.42 Å². The summed E-state index contributed by atoms with van der Waals surface area (Å²) in [6.45, 7) is 3.81. The number of hydrogen-bond donors (Lipinski definition) is 1. The number of carboxylic acids is 1. The van der Waals surface area contributed by atoms with E-state index in [1.807, 2.05) is 12.2 Å². The molecular weight excluding hydrogens is 300 g/mol. The predicted molar refractivity (Wildman–Crippen MR) is 80.5 cm³/mol. The number of carbonyl (C=O) groups is 3. The smallest absolute Gasteiger partial charge is 0.409 e. The highest BCUT2D eigenvalue weighted by Gasteiger charge is 2.52. The molecule has 1 saturated heterocycles. The average molecular weight is 322 g/mol. The molecule has 0 spiro atoms. The molecule has 4 unspecified atom stereocenters. The Morgan fingerprint density at radius 2 is 1.61 bits per heavy atom. The van der Waals surface area contributed by atoms with Gasteiger partial charge >= 0.3 is 12.1 Å². The molecule has 3 aliphatic rings. The van der Waals surface area contributed by atoms with Gasteiger partial charge < -0.3 is 19.6 Å². The maximum atomic E-state index is 12.8. The molecule has 4 atom stereocenters. The van der Waals surface area contributed by atoms with Crippen LogP contribution in [-0.2, 0) is 14.3 Å². The fourth-order valence-electron chi connectivity index (χ4n) is 4.03. The first-order valence-corrected chi connectivity index (χ1v) is 8.14. The summed E-state index contributed by atoms with van der Waals surface area (Å²) < 4.78 is 4.96. The highest BCUT2D eigenvalue weighted by Crippen LogP contribution is 2.48. The summed E-state index contributed by atoms with van der Waals surface area (Å²) in [6.07, 6.45) is 4.33. The Balaban J connectivity index is 1.62. The molecule has 1 saturated carbocycles. The van der Waals surface area contributed by atoms with Gasteiger partial charge in [-0.2, -0.15) is 0 Å². The number of carbonyl (C=O) groups excluding carboxylic acids is 2. The lowest BCUT2D eigenvalue weighted by atomic mass is 9.82. The lowest BCUT2D eigenvalue weighted by Crippen LogP contribution is -2.53. The van der Waals surface area contributed by atoms with Gasteiger partial charge in [0.25, 0.3) is 0 Å². The van der Waals surface area contributed by atoms with Crippen LogP contribution in [0, 0.1) is 23.7 Å². The van der Waals surface area contributed by atoms with Gasteiger partial charge in [0.2, 0.25) is 5.91 Å². The minimum atomic E-state index is -0.884. The van der Waals surface area contributed by atoms with E-state index in [-0.39, 0.29) is 23.8 Å². The van der Waals surface area contributed by atoms with Crippen molar-refractivity contribution >= 4 is 18.0 Å². The molecular formula is C16H22N2O5. The number of piperazine rings is 1. The second-order valence-electron chi connectivity index (χ2n) is 6.35. The van der Waals surface area contributed by atoms with Gasteiger partial charge in [0, 0.05) is 26.2 Å². The minimum Gasteiger partial charge on any atom is -0.481 e. The van der Waals surface area contributed by atoms with Crippen LogP contribution in [0.15, 0.2) is 12.2 Å². The van der Waals surface area contributed by atoms with Gasteiger partial charge in [-0.15, -0.1) is 0 Å². The molecule has 1 heterocycles. The zero-order valence-corrected chi connectivity index (χ0v) is 13.2. The molecule has 3 rings (SSSR count). The van der Waals surface area contributed by atoms with E-state index in [4.69, 9.17) is 4.74 Å². The minimum absolute atomic E-state index is 0.0210. The summed E-state index contributed by atoms with van der Waals surface area (Å²) in [6, 6.07) is 0. The molecule has 1 aliphatic heterocycles. The topological polar surface area (TPSA) is 87.2 Å². The number of carboxylic acid groups (broad SMARTS) is 1. The average Bonchev–Trinajstić information content (AvgIpc) is 3.15. The van der Waals surface area contributed by atoms with E-state index in [1.165, 1.54) is 0 Å². The summed E-state index contributed by atoms with van der Waals surface area (Å²) in [5.41, 5.74) is 0. The number of aliphatic carboxylic acids is 1. The first kappa shape index (κ1) is 15.8. The van der Waals surface area contributed by atoms with Gasteiger partial charge in [0.1, 0.15) is 0 Å². The third-order valence-corrected chi connectivity index (χ3v) is 5.15. The Labute approximate surface area is 134 Å². The highest BCUT2D eigenvalue weighted by molar-refractivity contribution is 5.87. The van der Waals surface area contributed by atoms with Crippen LogP contribution in [0.4, 0.5) is 4.79 Å². The Morgan fingerprint density at radius 1 is 1.04 bits per heavy atom. The van der Waals surface area contributed by atoms with Crippen LogP contribution in [-0.4, -0.2) is 65.7 Å². The number of rotatable bonds is 3. The van der Waals surface area contributed by atoms with Crippen LogP contribution >= 0.6 is 0 Å². The van der Waals surface area contributed by atoms with E-state index in [0.29, 0.717) is 32.8 Å². The van der Waals surface area contributed by atoms with Crippen molar-refractivity contribution in [3.8, 4) is 0 Å². The Morgan fingerprint density at radius 3 is 2.17 bits per heavy atom. The van der Waals surface area contributed by atoms with Gasteiger partial charge in [0.15, 0.2) is 0 Å². The normalized spacial score (nSPS) is 32.2. The second kappa shape index (κ2) is 6.22. The molecule has 2 bridgehead atoms. The van der Waals surface area contributed by atoms with Crippen LogP contribution < -0.4 is 0 Å². The SMILES string of the molecule is CCOC(=O)N1CCN(C(=O)C2C3C=CC(C3)C2C(=O)O)CC1.